The summed E-state index contributed by atoms with van der Waals surface area (Å²) in [6, 6.07) is 15.0. The maximum Gasteiger partial charge on any atom is 0.124 e. The van der Waals surface area contributed by atoms with E-state index in [0.717, 1.165) is 16.7 Å². The highest BCUT2D eigenvalue weighted by Crippen LogP contribution is 2.37. The minimum Gasteiger partial charge on any atom is -0.384 e. The van der Waals surface area contributed by atoms with Crippen LogP contribution in [0.25, 0.3) is 22.4 Å². The molecule has 0 unspecified atom stereocenters. The highest BCUT2D eigenvalue weighted by Gasteiger charge is 2.17. The molecule has 0 aromatic rings. The van der Waals surface area contributed by atoms with E-state index in [1.807, 2.05) is 18.2 Å². The Bertz CT molecular complexity index is 808. The molecule has 0 saturated heterocycles. The Balaban J connectivity index is 2.51. The predicted molar refractivity (Wildman–Crippen MR) is 71.3 cm³/mol. The highest BCUT2D eigenvalue weighted by atomic mass is 14.9. The minimum atomic E-state index is 0.353. The molecule has 0 fully saturated rings. The predicted octanol–water partition coefficient (Wildman–Crippen LogP) is 2.62. The number of anilines is 1. The van der Waals surface area contributed by atoms with Gasteiger partial charge in [-0.05, 0) is 29.3 Å². The summed E-state index contributed by atoms with van der Waals surface area (Å²) in [5, 5.41) is 18.4. The summed E-state index contributed by atoms with van der Waals surface area (Å²) >= 11 is 0. The molecule has 0 radical (unpaired) electrons. The fourth-order valence-corrected chi connectivity index (χ4v) is 2.24. The molecule has 3 rings (SSSR count). The van der Waals surface area contributed by atoms with Crippen molar-refractivity contribution in [2.45, 2.75) is 0 Å². The molecule has 19 heavy (non-hydrogen) atoms. The van der Waals surface area contributed by atoms with Crippen molar-refractivity contribution in [2.24, 2.45) is 0 Å². The number of nitrogens with two attached hydrogens (primary N) is 1. The van der Waals surface area contributed by atoms with Crippen LogP contribution in [0.5, 0.6) is 0 Å². The molecule has 88 valence electrons. The van der Waals surface area contributed by atoms with Crippen LogP contribution in [0.15, 0.2) is 36.4 Å². The van der Waals surface area contributed by atoms with Gasteiger partial charge in [-0.15, -0.1) is 0 Å². The van der Waals surface area contributed by atoms with E-state index in [1.165, 1.54) is 0 Å². The smallest absolute Gasteiger partial charge is 0.124 e. The van der Waals surface area contributed by atoms with E-state index in [2.05, 4.69) is 17.1 Å². The summed E-state index contributed by atoms with van der Waals surface area (Å²) in [6.07, 6.45) is 0. The van der Waals surface area contributed by atoms with Crippen LogP contribution in [0, 0.1) is 22.7 Å². The second-order valence-corrected chi connectivity index (χ2v) is 4.22. The third kappa shape index (κ3) is 1.64. The molecule has 2 N–H and O–H groups in total. The van der Waals surface area contributed by atoms with Gasteiger partial charge in [-0.2, -0.15) is 10.5 Å². The third-order valence-corrected chi connectivity index (χ3v) is 3.04. The molecular formula is C15H8N4. The van der Waals surface area contributed by atoms with Gasteiger partial charge in [0.05, 0.1) is 22.9 Å². The minimum absolute atomic E-state index is 0.353. The van der Waals surface area contributed by atoms with Gasteiger partial charge >= 0.3 is 0 Å². The second-order valence-electron chi connectivity index (χ2n) is 4.22. The summed E-state index contributed by atoms with van der Waals surface area (Å²) in [4.78, 5) is 4.20. The Hall–Kier alpha value is -3.11. The van der Waals surface area contributed by atoms with Crippen molar-refractivity contribution in [2.75, 3.05) is 5.73 Å². The Morgan fingerprint density at radius 3 is 2.58 bits per heavy atom. The van der Waals surface area contributed by atoms with Crippen LogP contribution >= 0.6 is 0 Å². The molecular weight excluding hydrogens is 236 g/mol. The molecule has 0 bridgehead atoms. The van der Waals surface area contributed by atoms with Gasteiger partial charge in [-0.1, -0.05) is 18.2 Å². The standard InChI is InChI=1S/C15H8N4/c16-7-9-4-10-2-1-3-12(10)13-6-14(18)19-15(13)11(5-9)8-17/h1-6H,(H2,18,19). The molecule has 4 heteroatoms. The summed E-state index contributed by atoms with van der Waals surface area (Å²) in [5.74, 6) is 0.374. The fraction of sp³-hybridized carbons (Fsp3) is 0. The monoisotopic (exact) mass is 244 g/mol. The molecule has 1 heterocycles. The maximum absolute atomic E-state index is 9.24. The van der Waals surface area contributed by atoms with Crippen molar-refractivity contribution in [3.63, 3.8) is 0 Å². The van der Waals surface area contributed by atoms with E-state index in [4.69, 9.17) is 11.0 Å². The average molecular weight is 244 g/mol. The Morgan fingerprint density at radius 1 is 1.00 bits per heavy atom. The van der Waals surface area contributed by atoms with E-state index in [-0.39, 0.29) is 0 Å². The zero-order chi connectivity index (χ0) is 13.4. The van der Waals surface area contributed by atoms with Crippen molar-refractivity contribution in [3.05, 3.63) is 47.5 Å². The van der Waals surface area contributed by atoms with Crippen LogP contribution in [0.3, 0.4) is 0 Å². The molecule has 0 spiro atoms. The molecule has 4 nitrogen and oxygen atoms in total. The van der Waals surface area contributed by atoms with Gasteiger partial charge in [0.25, 0.3) is 0 Å². The molecule has 3 aliphatic rings. The van der Waals surface area contributed by atoms with Crippen molar-refractivity contribution in [1.82, 2.24) is 4.98 Å². The number of nitrogens with zero attached hydrogens (tertiary/aromatic N) is 3. The first-order valence-corrected chi connectivity index (χ1v) is 5.66. The zero-order valence-corrected chi connectivity index (χ0v) is 9.88. The van der Waals surface area contributed by atoms with Crippen LogP contribution in [-0.4, -0.2) is 4.98 Å². The lowest BCUT2D eigenvalue weighted by molar-refractivity contribution is 1.37. The molecule has 0 saturated carbocycles. The summed E-state index contributed by atoms with van der Waals surface area (Å²) in [6.45, 7) is 0. The molecule has 0 amide bonds. The van der Waals surface area contributed by atoms with E-state index in [9.17, 15) is 5.26 Å². The van der Waals surface area contributed by atoms with Crippen LogP contribution < -0.4 is 5.73 Å². The van der Waals surface area contributed by atoms with Crippen molar-refractivity contribution in [1.29, 1.82) is 10.5 Å². The van der Waals surface area contributed by atoms with E-state index in [0.29, 0.717) is 22.6 Å². The van der Waals surface area contributed by atoms with E-state index >= 15 is 0 Å². The van der Waals surface area contributed by atoms with Crippen LogP contribution in [0.2, 0.25) is 0 Å². The van der Waals surface area contributed by atoms with E-state index < -0.39 is 0 Å². The zero-order valence-electron chi connectivity index (χ0n) is 9.88. The van der Waals surface area contributed by atoms with Gasteiger partial charge in [-0.3, -0.25) is 0 Å². The highest BCUT2D eigenvalue weighted by molar-refractivity contribution is 5.88. The van der Waals surface area contributed by atoms with Gasteiger partial charge < -0.3 is 5.73 Å². The van der Waals surface area contributed by atoms with Crippen molar-refractivity contribution >= 4 is 5.82 Å². The first-order chi connectivity index (χ1) is 9.22. The summed E-state index contributed by atoms with van der Waals surface area (Å²) in [7, 11) is 0. The number of hydrogen-bond acceptors (Lipinski definition) is 4. The van der Waals surface area contributed by atoms with Crippen LogP contribution in [0.4, 0.5) is 5.82 Å². The summed E-state index contributed by atoms with van der Waals surface area (Å²) in [5.41, 5.74) is 9.76. The number of nitriles is 2. The lowest BCUT2D eigenvalue weighted by atomic mass is 9.98. The number of aromatic nitrogens is 1. The number of hydrogen-bond donors (Lipinski definition) is 1. The molecule has 0 atom stereocenters. The Kier molecular flexibility index (Phi) is 2.30. The maximum atomic E-state index is 9.24. The van der Waals surface area contributed by atoms with Gasteiger partial charge in [0.15, 0.2) is 0 Å². The van der Waals surface area contributed by atoms with Gasteiger partial charge in [0.2, 0.25) is 0 Å². The van der Waals surface area contributed by atoms with E-state index in [1.54, 1.807) is 18.2 Å². The first-order valence-electron chi connectivity index (χ1n) is 5.66. The second kappa shape index (κ2) is 3.97. The van der Waals surface area contributed by atoms with Gasteiger partial charge in [0, 0.05) is 5.56 Å². The summed E-state index contributed by atoms with van der Waals surface area (Å²) < 4.78 is 0. The third-order valence-electron chi connectivity index (χ3n) is 3.04. The quantitative estimate of drug-likeness (QED) is 0.658. The Morgan fingerprint density at radius 2 is 1.84 bits per heavy atom. The lowest BCUT2D eigenvalue weighted by Crippen LogP contribution is -1.88. The topological polar surface area (TPSA) is 86.5 Å². The normalized spacial score (nSPS) is 10.2. The number of rotatable bonds is 0. The molecule has 0 aromatic heterocycles. The largest absolute Gasteiger partial charge is 0.384 e. The Labute approximate surface area is 110 Å². The molecule has 1 aliphatic heterocycles. The molecule has 0 aromatic carbocycles. The van der Waals surface area contributed by atoms with Gasteiger partial charge in [0.1, 0.15) is 11.9 Å². The van der Waals surface area contributed by atoms with Crippen LogP contribution in [0.1, 0.15) is 11.1 Å². The van der Waals surface area contributed by atoms with Crippen LogP contribution in [-0.2, 0) is 0 Å². The SMILES string of the molecule is N#Cc1cc2cccc-2c2cc(N)nc-2c(C#N)c1. The molecule has 2 aliphatic carbocycles. The number of fused-ring (bicyclic) bond motifs is 3. The average Bonchev–Trinajstić information content (AvgIpc) is 2.98. The first kappa shape index (κ1) is 11.0. The lowest BCUT2D eigenvalue weighted by Gasteiger charge is -2.04. The number of nitrogen functional groups attached to an aromatic ring is 1. The van der Waals surface area contributed by atoms with Crippen molar-refractivity contribution < 1.29 is 0 Å². The van der Waals surface area contributed by atoms with Gasteiger partial charge in [-0.25, -0.2) is 4.98 Å². The fourth-order valence-electron chi connectivity index (χ4n) is 2.24. The van der Waals surface area contributed by atoms with Crippen molar-refractivity contribution in [3.8, 4) is 34.5 Å².